The van der Waals surface area contributed by atoms with E-state index in [1.54, 1.807) is 0 Å². The average molecular weight is 171 g/mol. The number of hydrogen-bond acceptors (Lipinski definition) is 6. The standard InChI is InChI=1S/C6H9N3O3/c1-11-6(10)4-3(2-7)5(8)12-9-4/h2,7-8H2,1H3. The molecule has 0 aliphatic rings. The van der Waals surface area contributed by atoms with Crippen LogP contribution in [0.15, 0.2) is 4.52 Å². The molecular weight excluding hydrogens is 162 g/mol. The van der Waals surface area contributed by atoms with E-state index in [-0.39, 0.29) is 18.1 Å². The van der Waals surface area contributed by atoms with Gasteiger partial charge in [-0.25, -0.2) is 4.79 Å². The molecule has 0 aliphatic heterocycles. The maximum absolute atomic E-state index is 11.0. The van der Waals surface area contributed by atoms with Crippen molar-refractivity contribution in [3.8, 4) is 0 Å². The minimum absolute atomic E-state index is 0.0394. The van der Waals surface area contributed by atoms with Gasteiger partial charge < -0.3 is 20.7 Å². The Morgan fingerprint density at radius 3 is 2.92 bits per heavy atom. The zero-order valence-electron chi connectivity index (χ0n) is 6.53. The molecule has 1 aromatic rings. The van der Waals surface area contributed by atoms with Crippen molar-refractivity contribution in [3.63, 3.8) is 0 Å². The third kappa shape index (κ3) is 1.24. The first-order valence-electron chi connectivity index (χ1n) is 3.23. The van der Waals surface area contributed by atoms with Crippen LogP contribution in [0.2, 0.25) is 0 Å². The molecule has 0 saturated heterocycles. The normalized spacial score (nSPS) is 9.83. The molecule has 1 aromatic heterocycles. The van der Waals surface area contributed by atoms with Crippen molar-refractivity contribution in [1.82, 2.24) is 5.16 Å². The number of carbonyl (C=O) groups is 1. The van der Waals surface area contributed by atoms with Crippen molar-refractivity contribution in [2.45, 2.75) is 6.54 Å². The van der Waals surface area contributed by atoms with Crippen molar-refractivity contribution in [2.24, 2.45) is 5.73 Å². The van der Waals surface area contributed by atoms with Crippen LogP contribution < -0.4 is 11.5 Å². The van der Waals surface area contributed by atoms with Gasteiger partial charge in [0.2, 0.25) is 5.88 Å². The summed E-state index contributed by atoms with van der Waals surface area (Å²) in [5.74, 6) is -0.547. The third-order valence-corrected chi connectivity index (χ3v) is 1.40. The Balaban J connectivity index is 3.07. The molecule has 66 valence electrons. The lowest BCUT2D eigenvalue weighted by Gasteiger charge is -1.95. The Bertz CT molecular complexity index is 294. The summed E-state index contributed by atoms with van der Waals surface area (Å²) in [6, 6.07) is 0. The highest BCUT2D eigenvalue weighted by molar-refractivity contribution is 5.89. The van der Waals surface area contributed by atoms with E-state index in [2.05, 4.69) is 14.4 Å². The Morgan fingerprint density at radius 1 is 1.75 bits per heavy atom. The van der Waals surface area contributed by atoms with Crippen molar-refractivity contribution >= 4 is 11.9 Å². The number of hydrogen-bond donors (Lipinski definition) is 2. The number of esters is 1. The summed E-state index contributed by atoms with van der Waals surface area (Å²) in [7, 11) is 1.24. The molecule has 0 fully saturated rings. The monoisotopic (exact) mass is 171 g/mol. The van der Waals surface area contributed by atoms with E-state index < -0.39 is 5.97 Å². The number of carbonyl (C=O) groups excluding carboxylic acids is 1. The summed E-state index contributed by atoms with van der Waals surface area (Å²) in [5, 5.41) is 3.40. The minimum atomic E-state index is -0.601. The van der Waals surface area contributed by atoms with Crippen LogP contribution in [0.1, 0.15) is 16.1 Å². The number of ether oxygens (including phenoxy) is 1. The van der Waals surface area contributed by atoms with Crippen LogP contribution in [0.4, 0.5) is 5.88 Å². The zero-order chi connectivity index (χ0) is 9.14. The number of nitrogens with two attached hydrogens (primary N) is 2. The van der Waals surface area contributed by atoms with Gasteiger partial charge in [-0.15, -0.1) is 0 Å². The summed E-state index contributed by atoms with van der Waals surface area (Å²) in [5.41, 5.74) is 11.0. The number of nitrogen functional groups attached to an aromatic ring is 1. The number of rotatable bonds is 2. The fourth-order valence-corrected chi connectivity index (χ4v) is 0.776. The van der Waals surface area contributed by atoms with Crippen LogP contribution in [0.3, 0.4) is 0 Å². The maximum atomic E-state index is 11.0. The van der Waals surface area contributed by atoms with Gasteiger partial charge >= 0.3 is 5.97 Å². The van der Waals surface area contributed by atoms with Crippen molar-refractivity contribution in [2.75, 3.05) is 12.8 Å². The maximum Gasteiger partial charge on any atom is 0.360 e. The molecule has 0 radical (unpaired) electrons. The first-order valence-corrected chi connectivity index (χ1v) is 3.23. The molecule has 1 heterocycles. The lowest BCUT2D eigenvalue weighted by molar-refractivity contribution is 0.0588. The van der Waals surface area contributed by atoms with Gasteiger partial charge in [0.15, 0.2) is 5.69 Å². The molecular formula is C6H9N3O3. The Kier molecular flexibility index (Phi) is 2.29. The Labute approximate surface area is 68.4 Å². The highest BCUT2D eigenvalue weighted by Crippen LogP contribution is 2.15. The summed E-state index contributed by atoms with van der Waals surface area (Å²) in [6.45, 7) is 0.0970. The smallest absolute Gasteiger partial charge is 0.360 e. The van der Waals surface area contributed by atoms with E-state index in [1.807, 2.05) is 0 Å². The average Bonchev–Trinajstić information content (AvgIpc) is 2.45. The molecule has 1 rings (SSSR count). The van der Waals surface area contributed by atoms with Crippen LogP contribution in [0, 0.1) is 0 Å². The van der Waals surface area contributed by atoms with Gasteiger partial charge in [-0.2, -0.15) is 0 Å². The quantitative estimate of drug-likeness (QED) is 0.581. The van der Waals surface area contributed by atoms with E-state index in [0.717, 1.165) is 0 Å². The molecule has 12 heavy (non-hydrogen) atoms. The molecule has 6 heteroatoms. The van der Waals surface area contributed by atoms with Crippen LogP contribution in [-0.2, 0) is 11.3 Å². The van der Waals surface area contributed by atoms with Gasteiger partial charge in [-0.3, -0.25) is 0 Å². The molecule has 0 atom stereocenters. The van der Waals surface area contributed by atoms with Gasteiger partial charge in [0, 0.05) is 6.54 Å². The molecule has 0 saturated carbocycles. The number of aromatic nitrogens is 1. The summed E-state index contributed by atoms with van der Waals surface area (Å²) in [6.07, 6.45) is 0. The highest BCUT2D eigenvalue weighted by Gasteiger charge is 2.19. The fraction of sp³-hybridized carbons (Fsp3) is 0.333. The van der Waals surface area contributed by atoms with Gasteiger partial charge in [-0.05, 0) is 0 Å². The topological polar surface area (TPSA) is 104 Å². The number of methoxy groups -OCH3 is 1. The van der Waals surface area contributed by atoms with Crippen LogP contribution in [0.25, 0.3) is 0 Å². The molecule has 0 spiro atoms. The molecule has 4 N–H and O–H groups in total. The van der Waals surface area contributed by atoms with Gasteiger partial charge in [0.25, 0.3) is 0 Å². The second-order valence-corrected chi connectivity index (χ2v) is 2.07. The van der Waals surface area contributed by atoms with Gasteiger partial charge in [0.1, 0.15) is 0 Å². The van der Waals surface area contributed by atoms with E-state index in [4.69, 9.17) is 11.5 Å². The van der Waals surface area contributed by atoms with Crippen molar-refractivity contribution in [1.29, 1.82) is 0 Å². The van der Waals surface area contributed by atoms with E-state index in [1.165, 1.54) is 7.11 Å². The van der Waals surface area contributed by atoms with Crippen molar-refractivity contribution < 1.29 is 14.1 Å². The zero-order valence-corrected chi connectivity index (χ0v) is 6.53. The van der Waals surface area contributed by atoms with Gasteiger partial charge in [-0.1, -0.05) is 5.16 Å². The Hall–Kier alpha value is -1.56. The van der Waals surface area contributed by atoms with Crippen LogP contribution in [-0.4, -0.2) is 18.2 Å². The highest BCUT2D eigenvalue weighted by atomic mass is 16.5. The minimum Gasteiger partial charge on any atom is -0.464 e. The van der Waals surface area contributed by atoms with Crippen LogP contribution in [0.5, 0.6) is 0 Å². The predicted molar refractivity (Wildman–Crippen MR) is 40.1 cm³/mol. The molecule has 0 unspecified atom stereocenters. The van der Waals surface area contributed by atoms with E-state index >= 15 is 0 Å². The summed E-state index contributed by atoms with van der Waals surface area (Å²) < 4.78 is 8.98. The summed E-state index contributed by atoms with van der Waals surface area (Å²) in [4.78, 5) is 11.0. The SMILES string of the molecule is COC(=O)c1noc(N)c1CN. The second kappa shape index (κ2) is 3.22. The van der Waals surface area contributed by atoms with Crippen LogP contribution >= 0.6 is 0 Å². The molecule has 0 aromatic carbocycles. The largest absolute Gasteiger partial charge is 0.464 e. The molecule has 0 bridgehead atoms. The predicted octanol–water partition coefficient (Wildman–Crippen LogP) is -0.498. The Morgan fingerprint density at radius 2 is 2.42 bits per heavy atom. The fourth-order valence-electron chi connectivity index (χ4n) is 0.776. The first kappa shape index (κ1) is 8.54. The molecule has 6 nitrogen and oxygen atoms in total. The van der Waals surface area contributed by atoms with Gasteiger partial charge in [0.05, 0.1) is 12.7 Å². The summed E-state index contributed by atoms with van der Waals surface area (Å²) >= 11 is 0. The van der Waals surface area contributed by atoms with E-state index in [9.17, 15) is 4.79 Å². The number of nitrogens with zero attached hydrogens (tertiary/aromatic N) is 1. The lowest BCUT2D eigenvalue weighted by Crippen LogP contribution is -2.09. The second-order valence-electron chi connectivity index (χ2n) is 2.07. The first-order chi connectivity index (χ1) is 5.70. The molecule has 0 aliphatic carbocycles. The van der Waals surface area contributed by atoms with E-state index in [0.29, 0.717) is 5.56 Å². The van der Waals surface area contributed by atoms with Crippen molar-refractivity contribution in [3.05, 3.63) is 11.3 Å². The third-order valence-electron chi connectivity index (χ3n) is 1.40. The lowest BCUT2D eigenvalue weighted by atomic mass is 10.2. The number of anilines is 1. The molecule has 0 amide bonds.